The first-order valence-corrected chi connectivity index (χ1v) is 13.3. The Morgan fingerprint density at radius 3 is 2.45 bits per heavy atom. The molecular weight excluding hydrogens is 526 g/mol. The molecule has 0 aliphatic carbocycles. The van der Waals surface area contributed by atoms with Gasteiger partial charge in [-0.3, -0.25) is 19.1 Å². The van der Waals surface area contributed by atoms with E-state index in [2.05, 4.69) is 20.3 Å². The SMILES string of the molecule is Cc1ncc(-c2ccc(OC(C)C)nc2)nc1C(=O)N[C@@H](C)c1cc2cccc(Cl)c2c(=O)n1-c1ccccc1. The van der Waals surface area contributed by atoms with Gasteiger partial charge >= 0.3 is 0 Å². The maximum absolute atomic E-state index is 13.7. The Labute approximate surface area is 236 Å². The van der Waals surface area contributed by atoms with Crippen molar-refractivity contribution >= 4 is 28.3 Å². The Morgan fingerprint density at radius 1 is 0.975 bits per heavy atom. The number of aromatic nitrogens is 4. The molecule has 0 spiro atoms. The molecule has 5 aromatic rings. The van der Waals surface area contributed by atoms with Crippen molar-refractivity contribution in [3.8, 4) is 22.8 Å². The molecular formula is C31H28ClN5O3. The third-order valence-electron chi connectivity index (χ3n) is 6.39. The number of carbonyl (C=O) groups is 1. The molecule has 9 heteroatoms. The van der Waals surface area contributed by atoms with Crippen molar-refractivity contribution in [2.24, 2.45) is 0 Å². The number of carbonyl (C=O) groups excluding carboxylic acids is 1. The van der Waals surface area contributed by atoms with E-state index in [9.17, 15) is 9.59 Å². The van der Waals surface area contributed by atoms with Crippen LogP contribution < -0.4 is 15.6 Å². The van der Waals surface area contributed by atoms with E-state index in [1.807, 2.05) is 69.3 Å². The van der Waals surface area contributed by atoms with E-state index in [0.29, 0.717) is 50.0 Å². The van der Waals surface area contributed by atoms with E-state index in [4.69, 9.17) is 16.3 Å². The van der Waals surface area contributed by atoms with Crippen molar-refractivity contribution in [2.75, 3.05) is 0 Å². The molecule has 0 aliphatic rings. The number of para-hydroxylation sites is 1. The lowest BCUT2D eigenvalue weighted by Crippen LogP contribution is -2.33. The number of amides is 1. The van der Waals surface area contributed by atoms with Gasteiger partial charge in [0, 0.05) is 29.2 Å². The van der Waals surface area contributed by atoms with Crippen LogP contribution in [0.4, 0.5) is 0 Å². The molecule has 0 radical (unpaired) electrons. The zero-order chi connectivity index (χ0) is 28.4. The Balaban J connectivity index is 1.50. The lowest BCUT2D eigenvalue weighted by molar-refractivity contribution is 0.0932. The van der Waals surface area contributed by atoms with Crippen LogP contribution in [0.3, 0.4) is 0 Å². The predicted molar refractivity (Wildman–Crippen MR) is 156 cm³/mol. The highest BCUT2D eigenvalue weighted by Gasteiger charge is 2.22. The van der Waals surface area contributed by atoms with Gasteiger partial charge < -0.3 is 10.1 Å². The highest BCUT2D eigenvalue weighted by molar-refractivity contribution is 6.35. The lowest BCUT2D eigenvalue weighted by Gasteiger charge is -2.21. The van der Waals surface area contributed by atoms with Gasteiger partial charge in [-0.15, -0.1) is 0 Å². The van der Waals surface area contributed by atoms with Crippen molar-refractivity contribution in [3.05, 3.63) is 112 Å². The molecule has 1 atom stereocenters. The fourth-order valence-electron chi connectivity index (χ4n) is 4.49. The average Bonchev–Trinajstić information content (AvgIpc) is 2.93. The average molecular weight is 554 g/mol. The first-order chi connectivity index (χ1) is 19.2. The summed E-state index contributed by atoms with van der Waals surface area (Å²) in [5, 5.41) is 4.49. The lowest BCUT2D eigenvalue weighted by atomic mass is 10.1. The van der Waals surface area contributed by atoms with Crippen LogP contribution in [0.25, 0.3) is 27.7 Å². The number of nitrogens with one attached hydrogen (secondary N) is 1. The van der Waals surface area contributed by atoms with Gasteiger partial charge in [0.1, 0.15) is 5.69 Å². The van der Waals surface area contributed by atoms with Crippen LogP contribution in [0.15, 0.2) is 83.9 Å². The number of aryl methyl sites for hydroxylation is 1. The maximum Gasteiger partial charge on any atom is 0.272 e. The van der Waals surface area contributed by atoms with Crippen LogP contribution in [-0.2, 0) is 0 Å². The third-order valence-corrected chi connectivity index (χ3v) is 6.70. The van der Waals surface area contributed by atoms with Crippen molar-refractivity contribution in [3.63, 3.8) is 0 Å². The topological polar surface area (TPSA) is 99.0 Å². The standard InChI is InChI=1S/C31H28ClN5O3/c1-18(2)40-27-14-13-22(16-34-27)25-17-33-20(4)29(36-25)30(38)35-19(3)26-15-21-9-8-12-24(32)28(21)31(39)37(26)23-10-6-5-7-11-23/h5-19H,1-4H3,(H,35,38)/t19-/m0/s1. The summed E-state index contributed by atoms with van der Waals surface area (Å²) in [5.74, 6) is 0.0945. The van der Waals surface area contributed by atoms with E-state index in [-0.39, 0.29) is 17.4 Å². The van der Waals surface area contributed by atoms with Gasteiger partial charge in [0.25, 0.3) is 11.5 Å². The van der Waals surface area contributed by atoms with Crippen LogP contribution in [0.2, 0.25) is 5.02 Å². The molecule has 5 rings (SSSR count). The van der Waals surface area contributed by atoms with Gasteiger partial charge in [0.15, 0.2) is 0 Å². The summed E-state index contributed by atoms with van der Waals surface area (Å²) >= 11 is 6.42. The Morgan fingerprint density at radius 2 is 1.75 bits per heavy atom. The highest BCUT2D eigenvalue weighted by atomic mass is 35.5. The molecule has 0 saturated heterocycles. The van der Waals surface area contributed by atoms with E-state index in [0.717, 1.165) is 0 Å². The highest BCUT2D eigenvalue weighted by Crippen LogP contribution is 2.26. The van der Waals surface area contributed by atoms with Crippen LogP contribution in [0.5, 0.6) is 5.88 Å². The normalized spacial score (nSPS) is 11.9. The molecule has 0 bridgehead atoms. The van der Waals surface area contributed by atoms with Gasteiger partial charge in [-0.1, -0.05) is 41.9 Å². The second kappa shape index (κ2) is 11.3. The minimum absolute atomic E-state index is 0.00709. The third kappa shape index (κ3) is 5.44. The van der Waals surface area contributed by atoms with E-state index >= 15 is 0 Å². The minimum atomic E-state index is -0.553. The zero-order valence-corrected chi connectivity index (χ0v) is 23.3. The minimum Gasteiger partial charge on any atom is -0.475 e. The molecule has 1 N–H and O–H groups in total. The Bertz CT molecular complexity index is 1750. The molecule has 8 nitrogen and oxygen atoms in total. The van der Waals surface area contributed by atoms with Crippen LogP contribution >= 0.6 is 11.6 Å². The summed E-state index contributed by atoms with van der Waals surface area (Å²) in [6.07, 6.45) is 3.25. The van der Waals surface area contributed by atoms with Gasteiger partial charge in [0.05, 0.1) is 40.1 Å². The fraction of sp³-hybridized carbons (Fsp3) is 0.194. The van der Waals surface area contributed by atoms with E-state index in [1.54, 1.807) is 42.1 Å². The molecule has 1 amide bonds. The molecule has 3 heterocycles. The summed E-state index contributed by atoms with van der Waals surface area (Å²) in [6.45, 7) is 7.41. The first kappa shape index (κ1) is 27.0. The number of fused-ring (bicyclic) bond motifs is 1. The fourth-order valence-corrected chi connectivity index (χ4v) is 4.75. The van der Waals surface area contributed by atoms with Crippen LogP contribution in [0, 0.1) is 6.92 Å². The molecule has 3 aromatic heterocycles. The Kier molecular flexibility index (Phi) is 7.62. The quantitative estimate of drug-likeness (QED) is 0.262. The molecule has 0 aliphatic heterocycles. The number of hydrogen-bond donors (Lipinski definition) is 1. The van der Waals surface area contributed by atoms with Gasteiger partial charge in [0.2, 0.25) is 5.88 Å². The summed E-state index contributed by atoms with van der Waals surface area (Å²) in [5.41, 5.74) is 2.88. The molecule has 202 valence electrons. The molecule has 2 aromatic carbocycles. The second-order valence-electron chi connectivity index (χ2n) is 9.69. The van der Waals surface area contributed by atoms with Crippen LogP contribution in [-0.4, -0.2) is 31.5 Å². The van der Waals surface area contributed by atoms with Crippen molar-refractivity contribution in [2.45, 2.75) is 39.8 Å². The first-order valence-electron chi connectivity index (χ1n) is 12.9. The molecule has 0 fully saturated rings. The number of rotatable bonds is 7. The number of benzene rings is 2. The van der Waals surface area contributed by atoms with E-state index in [1.165, 1.54) is 0 Å². The summed E-state index contributed by atoms with van der Waals surface area (Å²) in [6, 6.07) is 19.5. The Hall–Kier alpha value is -4.56. The number of halogens is 1. The molecule has 0 saturated carbocycles. The number of hydrogen-bond acceptors (Lipinski definition) is 6. The summed E-state index contributed by atoms with van der Waals surface area (Å²) < 4.78 is 7.20. The van der Waals surface area contributed by atoms with Crippen LogP contribution in [0.1, 0.15) is 48.7 Å². The smallest absolute Gasteiger partial charge is 0.272 e. The second-order valence-corrected chi connectivity index (χ2v) is 10.1. The van der Waals surface area contributed by atoms with Crippen molar-refractivity contribution in [1.82, 2.24) is 24.8 Å². The van der Waals surface area contributed by atoms with E-state index < -0.39 is 11.9 Å². The molecule has 0 unspecified atom stereocenters. The van der Waals surface area contributed by atoms with Gasteiger partial charge in [-0.2, -0.15) is 0 Å². The largest absolute Gasteiger partial charge is 0.475 e. The molecule has 40 heavy (non-hydrogen) atoms. The predicted octanol–water partition coefficient (Wildman–Crippen LogP) is 6.08. The monoisotopic (exact) mass is 553 g/mol. The maximum atomic E-state index is 13.7. The summed E-state index contributed by atoms with van der Waals surface area (Å²) in [7, 11) is 0. The number of pyridine rings is 2. The summed E-state index contributed by atoms with van der Waals surface area (Å²) in [4.78, 5) is 40.5. The zero-order valence-electron chi connectivity index (χ0n) is 22.6. The van der Waals surface area contributed by atoms with Gasteiger partial charge in [-0.05, 0) is 63.4 Å². The van der Waals surface area contributed by atoms with Crippen molar-refractivity contribution in [1.29, 1.82) is 0 Å². The van der Waals surface area contributed by atoms with Crippen molar-refractivity contribution < 1.29 is 9.53 Å². The number of ether oxygens (including phenoxy) is 1. The number of nitrogens with zero attached hydrogens (tertiary/aromatic N) is 4. The van der Waals surface area contributed by atoms with Gasteiger partial charge in [-0.25, -0.2) is 9.97 Å².